The largest absolute Gasteiger partial charge is 0.388 e. The van der Waals surface area contributed by atoms with Crippen molar-refractivity contribution < 1.29 is 5.11 Å². The fourth-order valence-electron chi connectivity index (χ4n) is 2.12. The number of hydrogen-bond acceptors (Lipinski definition) is 1. The molecule has 0 spiro atoms. The molecule has 1 unspecified atom stereocenters. The van der Waals surface area contributed by atoms with Crippen LogP contribution in [0, 0.1) is 26.2 Å². The van der Waals surface area contributed by atoms with E-state index in [-0.39, 0.29) is 11.5 Å². The molecule has 1 saturated carbocycles. The van der Waals surface area contributed by atoms with Crippen LogP contribution in [0.2, 0.25) is 0 Å². The van der Waals surface area contributed by atoms with Gasteiger partial charge in [0.05, 0.1) is 6.10 Å². The van der Waals surface area contributed by atoms with Crippen LogP contribution in [0.15, 0.2) is 12.1 Å². The van der Waals surface area contributed by atoms with Gasteiger partial charge in [0.25, 0.3) is 0 Å². The third-order valence-electron chi connectivity index (χ3n) is 3.88. The van der Waals surface area contributed by atoms with E-state index in [1.165, 1.54) is 16.7 Å². The van der Waals surface area contributed by atoms with Crippen molar-refractivity contribution in [2.24, 2.45) is 5.41 Å². The van der Waals surface area contributed by atoms with Gasteiger partial charge in [-0.25, -0.2) is 0 Å². The Balaban J connectivity index is 2.39. The quantitative estimate of drug-likeness (QED) is 0.782. The second-order valence-corrected chi connectivity index (χ2v) is 5.35. The lowest BCUT2D eigenvalue weighted by atomic mass is 9.89. The molecule has 1 N–H and O–H groups in total. The van der Waals surface area contributed by atoms with Gasteiger partial charge in [-0.15, -0.1) is 0 Å². The number of aliphatic hydroxyl groups is 1. The molecule has 1 aromatic rings. The van der Waals surface area contributed by atoms with Crippen molar-refractivity contribution in [2.45, 2.75) is 46.6 Å². The summed E-state index contributed by atoms with van der Waals surface area (Å²) in [5, 5.41) is 10.3. The SMILES string of the molecule is Cc1cc(C)c(C(O)C2(C)CC2)cc1C. The highest BCUT2D eigenvalue weighted by Crippen LogP contribution is 2.54. The normalized spacial score (nSPS) is 20.1. The molecule has 1 heteroatoms. The lowest BCUT2D eigenvalue weighted by Crippen LogP contribution is -2.11. The molecule has 0 heterocycles. The van der Waals surface area contributed by atoms with E-state index in [0.29, 0.717) is 0 Å². The third-order valence-corrected chi connectivity index (χ3v) is 3.88. The van der Waals surface area contributed by atoms with E-state index in [9.17, 15) is 5.11 Å². The summed E-state index contributed by atoms with van der Waals surface area (Å²) in [5.74, 6) is 0. The highest BCUT2D eigenvalue weighted by molar-refractivity contribution is 5.38. The van der Waals surface area contributed by atoms with Gasteiger partial charge in [0, 0.05) is 0 Å². The maximum absolute atomic E-state index is 10.3. The van der Waals surface area contributed by atoms with Crippen molar-refractivity contribution in [3.63, 3.8) is 0 Å². The second-order valence-electron chi connectivity index (χ2n) is 5.35. The summed E-state index contributed by atoms with van der Waals surface area (Å²) in [4.78, 5) is 0. The first kappa shape index (κ1) is 10.7. The zero-order valence-electron chi connectivity index (χ0n) is 10.1. The molecule has 0 radical (unpaired) electrons. The van der Waals surface area contributed by atoms with Crippen molar-refractivity contribution in [1.29, 1.82) is 0 Å². The standard InChI is InChI=1S/C14H20O/c1-9-7-11(3)12(8-10(9)2)13(15)14(4)5-6-14/h7-8,13,15H,5-6H2,1-4H3. The summed E-state index contributed by atoms with van der Waals surface area (Å²) in [7, 11) is 0. The van der Waals surface area contributed by atoms with E-state index in [4.69, 9.17) is 0 Å². The Bertz CT molecular complexity index is 389. The minimum Gasteiger partial charge on any atom is -0.388 e. The van der Waals surface area contributed by atoms with Crippen LogP contribution in [0.5, 0.6) is 0 Å². The van der Waals surface area contributed by atoms with E-state index in [0.717, 1.165) is 18.4 Å². The van der Waals surface area contributed by atoms with Gasteiger partial charge in [-0.3, -0.25) is 0 Å². The van der Waals surface area contributed by atoms with Gasteiger partial charge in [-0.2, -0.15) is 0 Å². The fraction of sp³-hybridized carbons (Fsp3) is 0.571. The molecule has 0 saturated heterocycles. The van der Waals surface area contributed by atoms with Crippen LogP contribution in [0.3, 0.4) is 0 Å². The van der Waals surface area contributed by atoms with E-state index in [1.807, 2.05) is 0 Å². The Labute approximate surface area is 92.1 Å². The number of rotatable bonds is 2. The Morgan fingerprint density at radius 1 is 1.07 bits per heavy atom. The fourth-order valence-corrected chi connectivity index (χ4v) is 2.12. The predicted molar refractivity (Wildman–Crippen MR) is 63.0 cm³/mol. The van der Waals surface area contributed by atoms with Gasteiger partial charge < -0.3 is 5.11 Å². The molecule has 0 aliphatic heterocycles. The number of benzene rings is 1. The molecule has 1 atom stereocenters. The summed E-state index contributed by atoms with van der Waals surface area (Å²) < 4.78 is 0. The Morgan fingerprint density at radius 3 is 2.13 bits per heavy atom. The van der Waals surface area contributed by atoms with Gasteiger partial charge in [0.15, 0.2) is 0 Å². The molecule has 1 aliphatic rings. The molecule has 15 heavy (non-hydrogen) atoms. The first-order chi connectivity index (χ1) is 6.94. The van der Waals surface area contributed by atoms with Crippen molar-refractivity contribution >= 4 is 0 Å². The van der Waals surface area contributed by atoms with E-state index < -0.39 is 0 Å². The van der Waals surface area contributed by atoms with Crippen molar-refractivity contribution in [3.8, 4) is 0 Å². The first-order valence-corrected chi connectivity index (χ1v) is 5.70. The zero-order valence-corrected chi connectivity index (χ0v) is 10.1. The molecule has 82 valence electrons. The molecule has 1 aromatic carbocycles. The Morgan fingerprint density at radius 2 is 1.60 bits per heavy atom. The van der Waals surface area contributed by atoms with E-state index in [2.05, 4.69) is 39.8 Å². The van der Waals surface area contributed by atoms with E-state index >= 15 is 0 Å². The van der Waals surface area contributed by atoms with Gasteiger partial charge in [-0.05, 0) is 61.3 Å². The monoisotopic (exact) mass is 204 g/mol. The molecular formula is C14H20O. The minimum absolute atomic E-state index is 0.145. The number of aryl methyl sites for hydroxylation is 3. The van der Waals surface area contributed by atoms with Crippen LogP contribution in [-0.4, -0.2) is 5.11 Å². The van der Waals surface area contributed by atoms with Crippen LogP contribution >= 0.6 is 0 Å². The Hall–Kier alpha value is -0.820. The van der Waals surface area contributed by atoms with Gasteiger partial charge in [0.1, 0.15) is 0 Å². The second kappa shape index (κ2) is 3.34. The lowest BCUT2D eigenvalue weighted by Gasteiger charge is -2.21. The average Bonchev–Trinajstić information content (AvgIpc) is 2.90. The van der Waals surface area contributed by atoms with Gasteiger partial charge >= 0.3 is 0 Å². The topological polar surface area (TPSA) is 20.2 Å². The van der Waals surface area contributed by atoms with Crippen molar-refractivity contribution in [1.82, 2.24) is 0 Å². The van der Waals surface area contributed by atoms with Gasteiger partial charge in [-0.1, -0.05) is 19.1 Å². The Kier molecular flexibility index (Phi) is 2.38. The van der Waals surface area contributed by atoms with Gasteiger partial charge in [0.2, 0.25) is 0 Å². The molecule has 0 amide bonds. The number of hydrogen-bond donors (Lipinski definition) is 1. The maximum Gasteiger partial charge on any atom is 0.0846 e. The minimum atomic E-state index is -0.281. The molecular weight excluding hydrogens is 184 g/mol. The van der Waals surface area contributed by atoms with Crippen LogP contribution < -0.4 is 0 Å². The highest BCUT2D eigenvalue weighted by Gasteiger charge is 2.45. The summed E-state index contributed by atoms with van der Waals surface area (Å²) in [6, 6.07) is 4.33. The number of aliphatic hydroxyl groups excluding tert-OH is 1. The summed E-state index contributed by atoms with van der Waals surface area (Å²) in [6.07, 6.45) is 2.03. The summed E-state index contributed by atoms with van der Waals surface area (Å²) in [5.41, 5.74) is 5.08. The van der Waals surface area contributed by atoms with E-state index in [1.54, 1.807) is 0 Å². The molecule has 1 nitrogen and oxygen atoms in total. The molecule has 2 rings (SSSR count). The smallest absolute Gasteiger partial charge is 0.0846 e. The molecule has 0 aromatic heterocycles. The molecule has 0 bridgehead atoms. The molecule has 1 aliphatic carbocycles. The lowest BCUT2D eigenvalue weighted by molar-refractivity contribution is 0.103. The maximum atomic E-state index is 10.3. The third kappa shape index (κ3) is 1.81. The van der Waals surface area contributed by atoms with Crippen LogP contribution in [0.25, 0.3) is 0 Å². The van der Waals surface area contributed by atoms with Crippen LogP contribution in [0.1, 0.15) is 48.1 Å². The summed E-state index contributed by atoms with van der Waals surface area (Å²) >= 11 is 0. The predicted octanol–water partition coefficient (Wildman–Crippen LogP) is 3.45. The average molecular weight is 204 g/mol. The van der Waals surface area contributed by atoms with Crippen molar-refractivity contribution in [3.05, 3.63) is 34.4 Å². The van der Waals surface area contributed by atoms with Crippen LogP contribution in [0.4, 0.5) is 0 Å². The highest BCUT2D eigenvalue weighted by atomic mass is 16.3. The summed E-state index contributed by atoms with van der Waals surface area (Å²) in [6.45, 7) is 8.50. The first-order valence-electron chi connectivity index (χ1n) is 5.70. The zero-order chi connectivity index (χ0) is 11.2. The van der Waals surface area contributed by atoms with Crippen molar-refractivity contribution in [2.75, 3.05) is 0 Å². The molecule has 1 fully saturated rings. The van der Waals surface area contributed by atoms with Crippen LogP contribution in [-0.2, 0) is 0 Å².